The van der Waals surface area contributed by atoms with Crippen molar-refractivity contribution in [1.29, 1.82) is 0 Å². The van der Waals surface area contributed by atoms with Gasteiger partial charge >= 0.3 is 5.97 Å². The van der Waals surface area contributed by atoms with E-state index in [1.54, 1.807) is 22.7 Å². The van der Waals surface area contributed by atoms with Gasteiger partial charge in [-0.2, -0.15) is 0 Å². The van der Waals surface area contributed by atoms with E-state index in [4.69, 9.17) is 4.74 Å². The maximum Gasteiger partial charge on any atom is 0.310 e. The Morgan fingerprint density at radius 2 is 2.11 bits per heavy atom. The van der Waals surface area contributed by atoms with Crippen LogP contribution >= 0.6 is 38.6 Å². The van der Waals surface area contributed by atoms with Gasteiger partial charge in [0.15, 0.2) is 0 Å². The second kappa shape index (κ2) is 6.20. The van der Waals surface area contributed by atoms with Crippen molar-refractivity contribution < 1.29 is 9.53 Å². The van der Waals surface area contributed by atoms with Gasteiger partial charge in [-0.05, 0) is 64.8 Å². The lowest BCUT2D eigenvalue weighted by atomic mass is 10.1. The number of thiophene rings is 2. The van der Waals surface area contributed by atoms with Crippen LogP contribution in [-0.4, -0.2) is 12.6 Å². The zero-order valence-corrected chi connectivity index (χ0v) is 14.3. The summed E-state index contributed by atoms with van der Waals surface area (Å²) in [6.45, 7) is 6.50. The average molecular weight is 359 g/mol. The fourth-order valence-electron chi connectivity index (χ4n) is 1.81. The first-order chi connectivity index (χ1) is 9.02. The maximum absolute atomic E-state index is 11.7. The number of carbonyl (C=O) groups is 1. The van der Waals surface area contributed by atoms with Crippen LogP contribution in [0, 0.1) is 13.8 Å². The Morgan fingerprint density at radius 3 is 2.68 bits per heavy atom. The third kappa shape index (κ3) is 3.27. The number of ether oxygens (including phenoxy) is 1. The normalized spacial score (nSPS) is 10.7. The molecule has 0 aliphatic rings. The first-order valence-electron chi connectivity index (χ1n) is 6.01. The van der Waals surface area contributed by atoms with Gasteiger partial charge < -0.3 is 4.74 Å². The highest BCUT2D eigenvalue weighted by Crippen LogP contribution is 2.41. The van der Waals surface area contributed by atoms with E-state index in [2.05, 4.69) is 35.2 Å². The molecule has 2 nitrogen and oxygen atoms in total. The highest BCUT2D eigenvalue weighted by atomic mass is 79.9. The molecule has 0 aliphatic carbocycles. The number of hydrogen-bond acceptors (Lipinski definition) is 4. The van der Waals surface area contributed by atoms with Gasteiger partial charge in [0.25, 0.3) is 0 Å². The maximum atomic E-state index is 11.7. The van der Waals surface area contributed by atoms with Gasteiger partial charge in [-0.3, -0.25) is 4.79 Å². The summed E-state index contributed by atoms with van der Waals surface area (Å²) in [5.74, 6) is -0.167. The SMILES string of the molecule is CCOC(=O)Cc1cc(Br)sc1-c1scc(C)c1C. The van der Waals surface area contributed by atoms with E-state index in [9.17, 15) is 4.79 Å². The monoisotopic (exact) mass is 358 g/mol. The molecule has 19 heavy (non-hydrogen) atoms. The van der Waals surface area contributed by atoms with E-state index < -0.39 is 0 Å². The number of carbonyl (C=O) groups excluding carboxylic acids is 1. The van der Waals surface area contributed by atoms with Crippen LogP contribution in [0.5, 0.6) is 0 Å². The van der Waals surface area contributed by atoms with Gasteiger partial charge in [-0.15, -0.1) is 22.7 Å². The van der Waals surface area contributed by atoms with Gasteiger partial charge in [0.05, 0.1) is 16.8 Å². The zero-order chi connectivity index (χ0) is 14.0. The second-order valence-corrected chi connectivity index (χ2v) is 7.57. The molecule has 0 saturated carbocycles. The van der Waals surface area contributed by atoms with E-state index in [0.29, 0.717) is 13.0 Å². The molecule has 0 unspecified atom stereocenters. The summed E-state index contributed by atoms with van der Waals surface area (Å²) in [6, 6.07) is 2.02. The molecule has 0 amide bonds. The number of aryl methyl sites for hydroxylation is 1. The fourth-order valence-corrected chi connectivity index (χ4v) is 4.80. The smallest absolute Gasteiger partial charge is 0.310 e. The van der Waals surface area contributed by atoms with Crippen LogP contribution in [0.15, 0.2) is 15.2 Å². The lowest BCUT2D eigenvalue weighted by molar-refractivity contribution is -0.142. The average Bonchev–Trinajstić information content (AvgIpc) is 2.84. The molecule has 0 N–H and O–H groups in total. The highest BCUT2D eigenvalue weighted by molar-refractivity contribution is 9.11. The van der Waals surface area contributed by atoms with E-state index in [1.165, 1.54) is 20.9 Å². The van der Waals surface area contributed by atoms with Gasteiger partial charge in [-0.1, -0.05) is 0 Å². The summed E-state index contributed by atoms with van der Waals surface area (Å²) in [7, 11) is 0. The molecular formula is C14H15BrO2S2. The predicted octanol–water partition coefficient (Wildman–Crippen LogP) is 4.96. The predicted molar refractivity (Wildman–Crippen MR) is 85.1 cm³/mol. The number of esters is 1. The van der Waals surface area contributed by atoms with E-state index in [0.717, 1.165) is 9.35 Å². The summed E-state index contributed by atoms with van der Waals surface area (Å²) in [4.78, 5) is 14.1. The van der Waals surface area contributed by atoms with E-state index in [1.807, 2.05) is 13.0 Å². The minimum absolute atomic E-state index is 0.167. The minimum Gasteiger partial charge on any atom is -0.466 e. The molecule has 0 saturated heterocycles. The summed E-state index contributed by atoms with van der Waals surface area (Å²) >= 11 is 6.92. The van der Waals surface area contributed by atoms with Crippen molar-refractivity contribution in [3.63, 3.8) is 0 Å². The quantitative estimate of drug-likeness (QED) is 0.721. The minimum atomic E-state index is -0.167. The Morgan fingerprint density at radius 1 is 1.37 bits per heavy atom. The second-order valence-electron chi connectivity index (χ2n) is 4.26. The molecule has 2 rings (SSSR count). The molecule has 102 valence electrons. The lowest BCUT2D eigenvalue weighted by Crippen LogP contribution is -2.07. The van der Waals surface area contributed by atoms with Crippen LogP contribution in [-0.2, 0) is 16.0 Å². The van der Waals surface area contributed by atoms with Crippen LogP contribution in [0.4, 0.5) is 0 Å². The highest BCUT2D eigenvalue weighted by Gasteiger charge is 2.17. The van der Waals surface area contributed by atoms with Crippen molar-refractivity contribution >= 4 is 44.6 Å². The number of rotatable bonds is 4. The van der Waals surface area contributed by atoms with Crippen LogP contribution < -0.4 is 0 Å². The first kappa shape index (κ1) is 14.8. The summed E-state index contributed by atoms with van der Waals surface area (Å²) in [5, 5.41) is 2.16. The summed E-state index contributed by atoms with van der Waals surface area (Å²) in [5.41, 5.74) is 3.64. The third-order valence-corrected chi connectivity index (χ3v) is 5.96. The number of hydrogen-bond donors (Lipinski definition) is 0. The molecule has 0 atom stereocenters. The van der Waals surface area contributed by atoms with Crippen LogP contribution in [0.1, 0.15) is 23.6 Å². The molecule has 0 spiro atoms. The Balaban J connectivity index is 2.36. The molecule has 2 aromatic heterocycles. The zero-order valence-electron chi connectivity index (χ0n) is 11.1. The topological polar surface area (TPSA) is 26.3 Å². The van der Waals surface area contributed by atoms with Crippen LogP contribution in [0.2, 0.25) is 0 Å². The Labute approximate surface area is 129 Å². The molecule has 2 aromatic rings. The first-order valence-corrected chi connectivity index (χ1v) is 8.50. The van der Waals surface area contributed by atoms with Crippen molar-refractivity contribution in [2.45, 2.75) is 27.2 Å². The summed E-state index contributed by atoms with van der Waals surface area (Å²) < 4.78 is 6.08. The molecule has 0 aliphatic heterocycles. The van der Waals surface area contributed by atoms with E-state index >= 15 is 0 Å². The van der Waals surface area contributed by atoms with Gasteiger partial charge in [-0.25, -0.2) is 0 Å². The van der Waals surface area contributed by atoms with Crippen molar-refractivity contribution in [2.24, 2.45) is 0 Å². The Hall–Kier alpha value is -0.650. The molecule has 0 fully saturated rings. The lowest BCUT2D eigenvalue weighted by Gasteiger charge is -2.04. The van der Waals surface area contributed by atoms with Crippen LogP contribution in [0.3, 0.4) is 0 Å². The van der Waals surface area contributed by atoms with Crippen molar-refractivity contribution in [2.75, 3.05) is 6.61 Å². The third-order valence-electron chi connectivity index (χ3n) is 2.91. The molecular weight excluding hydrogens is 344 g/mol. The van der Waals surface area contributed by atoms with Gasteiger partial charge in [0.1, 0.15) is 0 Å². The standard InChI is InChI=1S/C14H15BrO2S2/c1-4-17-12(16)6-10-5-11(15)19-14(10)13-9(3)8(2)7-18-13/h5,7H,4,6H2,1-3H3. The van der Waals surface area contributed by atoms with Crippen molar-refractivity contribution in [3.8, 4) is 9.75 Å². The fraction of sp³-hybridized carbons (Fsp3) is 0.357. The Kier molecular flexibility index (Phi) is 4.81. The molecule has 0 radical (unpaired) electrons. The molecule has 0 aromatic carbocycles. The van der Waals surface area contributed by atoms with E-state index in [-0.39, 0.29) is 5.97 Å². The summed E-state index contributed by atoms with van der Waals surface area (Å²) in [6.07, 6.45) is 0.335. The van der Waals surface area contributed by atoms with Crippen molar-refractivity contribution in [1.82, 2.24) is 0 Å². The van der Waals surface area contributed by atoms with Crippen LogP contribution in [0.25, 0.3) is 9.75 Å². The Bertz CT molecular complexity index is 599. The molecule has 0 bridgehead atoms. The molecule has 5 heteroatoms. The molecule has 2 heterocycles. The van der Waals surface area contributed by atoms with Crippen molar-refractivity contribution in [3.05, 3.63) is 31.9 Å². The van der Waals surface area contributed by atoms with Gasteiger partial charge in [0.2, 0.25) is 0 Å². The van der Waals surface area contributed by atoms with Gasteiger partial charge in [0, 0.05) is 9.75 Å². The number of halogens is 1. The largest absolute Gasteiger partial charge is 0.466 e.